The summed E-state index contributed by atoms with van der Waals surface area (Å²) in [4.78, 5) is 22.9. The molecule has 2 aromatic heterocycles. The molecule has 2 aromatic rings. The van der Waals surface area contributed by atoms with E-state index < -0.39 is 0 Å². The fourth-order valence-corrected chi connectivity index (χ4v) is 4.79. The Morgan fingerprint density at radius 3 is 2.00 bits per heavy atom. The van der Waals surface area contributed by atoms with Crippen molar-refractivity contribution in [1.29, 1.82) is 0 Å². The number of hydrogen-bond acceptors (Lipinski definition) is 4. The van der Waals surface area contributed by atoms with Gasteiger partial charge >= 0.3 is 0 Å². The van der Waals surface area contributed by atoms with Crippen LogP contribution >= 0.6 is 0 Å². The second-order valence-corrected chi connectivity index (χ2v) is 10.7. The first-order valence-electron chi connectivity index (χ1n) is 11.7. The smallest absolute Gasteiger partial charge is 0.283 e. The predicted molar refractivity (Wildman–Crippen MR) is 128 cm³/mol. The van der Waals surface area contributed by atoms with Gasteiger partial charge in [-0.15, -0.1) is 0 Å². The Kier molecular flexibility index (Phi) is 8.76. The highest BCUT2D eigenvalue weighted by Crippen LogP contribution is 2.32. The number of aryl methyl sites for hydroxylation is 2. The average molecular weight is 445 g/mol. The minimum atomic E-state index is -0.344. The van der Waals surface area contributed by atoms with Gasteiger partial charge in [0, 0.05) is 18.1 Å². The van der Waals surface area contributed by atoms with Crippen molar-refractivity contribution in [3.05, 3.63) is 67.5 Å². The van der Waals surface area contributed by atoms with Crippen LogP contribution in [-0.4, -0.2) is 19.9 Å². The third-order valence-electron chi connectivity index (χ3n) is 5.95. The van der Waals surface area contributed by atoms with Gasteiger partial charge in [0.1, 0.15) is 0 Å². The Hall–Kier alpha value is -2.50. The second kappa shape index (κ2) is 10.9. The van der Waals surface area contributed by atoms with Crippen LogP contribution in [0.25, 0.3) is 0 Å². The lowest BCUT2D eigenvalue weighted by atomic mass is 9.83. The summed E-state index contributed by atoms with van der Waals surface area (Å²) in [7, 11) is 0. The Morgan fingerprint density at radius 2 is 1.44 bits per heavy atom. The van der Waals surface area contributed by atoms with Crippen LogP contribution in [0.3, 0.4) is 0 Å². The highest BCUT2D eigenvalue weighted by atomic mass is 16.5. The van der Waals surface area contributed by atoms with Crippen molar-refractivity contribution >= 4 is 0 Å². The SMILES string of the molecule is Cc1cc(C2CCCCC2)n(O)c(=O)c1.Cc1cc(CC(C)CC(C)(C)C)n(O)c(=O)c1. The standard InChI is InChI=1S/C14H23NO2.C12H17NO2/c1-10-6-12(15(17)13(16)8-10)7-11(2)9-14(3,4)5;1-9-7-11(13(15)12(14)8-9)10-5-3-2-4-6-10/h6,8,11,17H,7,9H2,1-5H3;7-8,10,15H,2-6H2,1H3. The lowest BCUT2D eigenvalue weighted by Gasteiger charge is -2.23. The molecule has 6 heteroatoms. The van der Waals surface area contributed by atoms with Crippen LogP contribution in [0.5, 0.6) is 0 Å². The fourth-order valence-electron chi connectivity index (χ4n) is 4.79. The van der Waals surface area contributed by atoms with Gasteiger partial charge in [-0.2, -0.15) is 9.46 Å². The average Bonchev–Trinajstić information content (AvgIpc) is 2.68. The van der Waals surface area contributed by atoms with E-state index in [1.54, 1.807) is 0 Å². The molecule has 1 unspecified atom stereocenters. The lowest BCUT2D eigenvalue weighted by Crippen LogP contribution is -2.23. The summed E-state index contributed by atoms with van der Waals surface area (Å²) in [5.74, 6) is 0.797. The number of nitrogens with zero attached hydrogens (tertiary/aromatic N) is 2. The monoisotopic (exact) mass is 444 g/mol. The maximum absolute atomic E-state index is 11.4. The number of aromatic nitrogens is 2. The normalized spacial score (nSPS) is 15.7. The van der Waals surface area contributed by atoms with E-state index in [1.165, 1.54) is 31.4 Å². The Balaban J connectivity index is 0.000000228. The molecule has 0 radical (unpaired) electrons. The maximum atomic E-state index is 11.4. The molecule has 2 heterocycles. The molecular formula is C26H40N2O4. The molecule has 0 spiro atoms. The largest absolute Gasteiger partial charge is 0.425 e. The summed E-state index contributed by atoms with van der Waals surface area (Å²) in [6.07, 6.45) is 7.64. The van der Waals surface area contributed by atoms with E-state index in [0.29, 0.717) is 17.5 Å². The van der Waals surface area contributed by atoms with Crippen LogP contribution in [0.4, 0.5) is 0 Å². The molecule has 3 rings (SSSR count). The molecule has 0 aromatic carbocycles. The molecule has 1 atom stereocenters. The number of hydrogen-bond donors (Lipinski definition) is 2. The molecule has 0 saturated heterocycles. The molecule has 0 aliphatic heterocycles. The third kappa shape index (κ3) is 7.57. The van der Waals surface area contributed by atoms with Gasteiger partial charge in [-0.05, 0) is 74.1 Å². The van der Waals surface area contributed by atoms with E-state index in [0.717, 1.165) is 52.0 Å². The Morgan fingerprint density at radius 1 is 0.906 bits per heavy atom. The van der Waals surface area contributed by atoms with Crippen LogP contribution in [0.2, 0.25) is 0 Å². The van der Waals surface area contributed by atoms with Crippen LogP contribution in [0.15, 0.2) is 33.9 Å². The van der Waals surface area contributed by atoms with Crippen molar-refractivity contribution in [1.82, 2.24) is 9.46 Å². The van der Waals surface area contributed by atoms with Gasteiger partial charge in [-0.25, -0.2) is 0 Å². The van der Waals surface area contributed by atoms with Crippen LogP contribution in [0.1, 0.15) is 94.7 Å². The van der Waals surface area contributed by atoms with Gasteiger partial charge in [-0.1, -0.05) is 47.0 Å². The zero-order valence-electron chi connectivity index (χ0n) is 20.5. The summed E-state index contributed by atoms with van der Waals surface area (Å²) in [5, 5.41) is 19.4. The first-order valence-corrected chi connectivity index (χ1v) is 11.7. The van der Waals surface area contributed by atoms with E-state index in [2.05, 4.69) is 27.7 Å². The minimum absolute atomic E-state index is 0.268. The van der Waals surface area contributed by atoms with E-state index in [-0.39, 0.29) is 16.5 Å². The van der Waals surface area contributed by atoms with Crippen LogP contribution in [-0.2, 0) is 6.42 Å². The molecule has 1 saturated carbocycles. The van der Waals surface area contributed by atoms with E-state index in [9.17, 15) is 20.0 Å². The van der Waals surface area contributed by atoms with E-state index in [4.69, 9.17) is 0 Å². The van der Waals surface area contributed by atoms with Crippen LogP contribution in [0, 0.1) is 25.2 Å². The molecule has 6 nitrogen and oxygen atoms in total. The second-order valence-electron chi connectivity index (χ2n) is 10.7. The lowest BCUT2D eigenvalue weighted by molar-refractivity contribution is 0.156. The number of rotatable bonds is 4. The van der Waals surface area contributed by atoms with Crippen molar-refractivity contribution in [2.24, 2.45) is 11.3 Å². The molecule has 1 aliphatic rings. The zero-order chi connectivity index (χ0) is 24.1. The molecule has 178 valence electrons. The topological polar surface area (TPSA) is 84.5 Å². The molecule has 1 fully saturated rings. The quantitative estimate of drug-likeness (QED) is 0.614. The predicted octanol–water partition coefficient (Wildman–Crippen LogP) is 5.45. The van der Waals surface area contributed by atoms with Gasteiger partial charge in [-0.3, -0.25) is 9.59 Å². The van der Waals surface area contributed by atoms with E-state index >= 15 is 0 Å². The Bertz CT molecular complexity index is 1010. The molecule has 2 N–H and O–H groups in total. The first kappa shape index (κ1) is 25.8. The third-order valence-corrected chi connectivity index (χ3v) is 5.95. The Labute approximate surface area is 191 Å². The van der Waals surface area contributed by atoms with Gasteiger partial charge in [0.2, 0.25) is 0 Å². The van der Waals surface area contributed by atoms with Crippen LogP contribution < -0.4 is 11.1 Å². The van der Waals surface area contributed by atoms with E-state index in [1.807, 2.05) is 26.0 Å². The molecule has 32 heavy (non-hydrogen) atoms. The first-order chi connectivity index (χ1) is 14.9. The maximum Gasteiger partial charge on any atom is 0.283 e. The molecule has 0 amide bonds. The van der Waals surface area contributed by atoms with Crippen molar-refractivity contribution in [3.63, 3.8) is 0 Å². The fraction of sp³-hybridized carbons (Fsp3) is 0.615. The summed E-state index contributed by atoms with van der Waals surface area (Å²) >= 11 is 0. The summed E-state index contributed by atoms with van der Waals surface area (Å²) in [6.45, 7) is 12.5. The molecular weight excluding hydrogens is 404 g/mol. The van der Waals surface area contributed by atoms with Gasteiger partial charge < -0.3 is 10.4 Å². The van der Waals surface area contributed by atoms with Gasteiger partial charge in [0.05, 0.1) is 11.4 Å². The number of pyridine rings is 2. The van der Waals surface area contributed by atoms with Crippen molar-refractivity contribution in [3.8, 4) is 0 Å². The summed E-state index contributed by atoms with van der Waals surface area (Å²) < 4.78 is 1.59. The van der Waals surface area contributed by atoms with Gasteiger partial charge in [0.15, 0.2) is 0 Å². The minimum Gasteiger partial charge on any atom is -0.425 e. The summed E-state index contributed by atoms with van der Waals surface area (Å²) in [6, 6.07) is 6.71. The van der Waals surface area contributed by atoms with Crippen molar-refractivity contribution < 1.29 is 10.4 Å². The molecule has 0 bridgehead atoms. The van der Waals surface area contributed by atoms with Crippen molar-refractivity contribution in [2.75, 3.05) is 0 Å². The highest BCUT2D eigenvalue weighted by Gasteiger charge is 2.19. The summed E-state index contributed by atoms with van der Waals surface area (Å²) in [5.41, 5.74) is 2.94. The van der Waals surface area contributed by atoms with Crippen molar-refractivity contribution in [2.45, 2.75) is 92.4 Å². The molecule has 1 aliphatic carbocycles. The zero-order valence-corrected chi connectivity index (χ0v) is 20.5. The van der Waals surface area contributed by atoms with Gasteiger partial charge in [0.25, 0.3) is 11.1 Å². The highest BCUT2D eigenvalue weighted by molar-refractivity contribution is 5.19.